The SMILES string of the molecule is Cc1cc(NC(=O)Cc2ccccc2C)n[nH]1. The Hall–Kier alpha value is -2.10. The molecule has 0 radical (unpaired) electrons. The Morgan fingerprint density at radius 3 is 2.76 bits per heavy atom. The molecule has 0 saturated carbocycles. The van der Waals surface area contributed by atoms with Gasteiger partial charge in [-0.05, 0) is 25.0 Å². The van der Waals surface area contributed by atoms with Crippen molar-refractivity contribution >= 4 is 11.7 Å². The first-order valence-electron chi connectivity index (χ1n) is 5.51. The normalized spacial score (nSPS) is 10.2. The number of aromatic nitrogens is 2. The maximum atomic E-state index is 11.8. The molecule has 0 atom stereocenters. The molecule has 1 aromatic heterocycles. The molecule has 0 aliphatic rings. The third-order valence-corrected chi connectivity index (χ3v) is 2.59. The molecule has 2 N–H and O–H groups in total. The highest BCUT2D eigenvalue weighted by Gasteiger charge is 2.07. The highest BCUT2D eigenvalue weighted by Crippen LogP contribution is 2.09. The van der Waals surface area contributed by atoms with Crippen LogP contribution in [0.1, 0.15) is 16.8 Å². The molecule has 4 heteroatoms. The topological polar surface area (TPSA) is 57.8 Å². The molecule has 4 nitrogen and oxygen atoms in total. The van der Waals surface area contributed by atoms with Crippen LogP contribution < -0.4 is 5.32 Å². The maximum absolute atomic E-state index is 11.8. The van der Waals surface area contributed by atoms with E-state index in [1.54, 1.807) is 6.07 Å². The minimum Gasteiger partial charge on any atom is -0.309 e. The molecule has 2 aromatic rings. The summed E-state index contributed by atoms with van der Waals surface area (Å²) in [5.74, 6) is 0.520. The summed E-state index contributed by atoms with van der Waals surface area (Å²) < 4.78 is 0. The lowest BCUT2D eigenvalue weighted by Gasteiger charge is -2.04. The number of aryl methyl sites for hydroxylation is 2. The van der Waals surface area contributed by atoms with Gasteiger partial charge in [0.2, 0.25) is 5.91 Å². The van der Waals surface area contributed by atoms with E-state index in [0.717, 1.165) is 16.8 Å². The number of carbonyl (C=O) groups excluding carboxylic acids is 1. The predicted molar refractivity (Wildman–Crippen MR) is 66.8 cm³/mol. The molecule has 88 valence electrons. The van der Waals surface area contributed by atoms with Crippen molar-refractivity contribution in [3.8, 4) is 0 Å². The summed E-state index contributed by atoms with van der Waals surface area (Å²) in [6.45, 7) is 3.89. The number of H-pyrrole nitrogens is 1. The molecule has 0 unspecified atom stereocenters. The second-order valence-electron chi connectivity index (χ2n) is 4.09. The van der Waals surface area contributed by atoms with E-state index in [-0.39, 0.29) is 5.91 Å². The van der Waals surface area contributed by atoms with Gasteiger partial charge in [0.25, 0.3) is 0 Å². The number of amides is 1. The van der Waals surface area contributed by atoms with Crippen molar-refractivity contribution in [1.82, 2.24) is 10.2 Å². The molecule has 0 spiro atoms. The lowest BCUT2D eigenvalue weighted by atomic mass is 10.1. The van der Waals surface area contributed by atoms with Gasteiger partial charge in [-0.25, -0.2) is 0 Å². The van der Waals surface area contributed by atoms with Crippen LogP contribution in [0, 0.1) is 13.8 Å². The lowest BCUT2D eigenvalue weighted by molar-refractivity contribution is -0.115. The maximum Gasteiger partial charge on any atom is 0.230 e. The first-order valence-corrected chi connectivity index (χ1v) is 5.51. The van der Waals surface area contributed by atoms with Crippen LogP contribution in [0.4, 0.5) is 5.82 Å². The fourth-order valence-corrected chi connectivity index (χ4v) is 1.65. The number of carbonyl (C=O) groups is 1. The lowest BCUT2D eigenvalue weighted by Crippen LogP contribution is -2.15. The van der Waals surface area contributed by atoms with E-state index in [2.05, 4.69) is 15.5 Å². The summed E-state index contributed by atoms with van der Waals surface area (Å²) in [6.07, 6.45) is 0.374. The summed E-state index contributed by atoms with van der Waals surface area (Å²) >= 11 is 0. The first kappa shape index (κ1) is 11.4. The van der Waals surface area contributed by atoms with Gasteiger partial charge in [0.1, 0.15) is 0 Å². The third-order valence-electron chi connectivity index (χ3n) is 2.59. The Kier molecular flexibility index (Phi) is 3.23. The molecule has 0 bridgehead atoms. The Balaban J connectivity index is 2.01. The zero-order valence-electron chi connectivity index (χ0n) is 9.95. The number of hydrogen-bond acceptors (Lipinski definition) is 2. The smallest absolute Gasteiger partial charge is 0.230 e. The van der Waals surface area contributed by atoms with E-state index in [9.17, 15) is 4.79 Å². The van der Waals surface area contributed by atoms with Crippen LogP contribution in [0.25, 0.3) is 0 Å². The number of benzene rings is 1. The van der Waals surface area contributed by atoms with Gasteiger partial charge in [-0.1, -0.05) is 24.3 Å². The highest BCUT2D eigenvalue weighted by molar-refractivity contribution is 5.91. The average molecular weight is 229 g/mol. The van der Waals surface area contributed by atoms with Gasteiger partial charge < -0.3 is 5.32 Å². The van der Waals surface area contributed by atoms with E-state index < -0.39 is 0 Å². The molecule has 1 amide bonds. The summed E-state index contributed by atoms with van der Waals surface area (Å²) in [6, 6.07) is 9.67. The number of rotatable bonds is 3. The fourth-order valence-electron chi connectivity index (χ4n) is 1.65. The summed E-state index contributed by atoms with van der Waals surface area (Å²) in [7, 11) is 0. The largest absolute Gasteiger partial charge is 0.309 e. The Morgan fingerprint density at radius 2 is 2.12 bits per heavy atom. The first-order chi connectivity index (χ1) is 8.15. The van der Waals surface area contributed by atoms with Crippen LogP contribution in [0.5, 0.6) is 0 Å². The minimum atomic E-state index is -0.0502. The zero-order valence-corrected chi connectivity index (χ0v) is 9.95. The Bertz CT molecular complexity index is 531. The van der Waals surface area contributed by atoms with Gasteiger partial charge in [0.15, 0.2) is 5.82 Å². The van der Waals surface area contributed by atoms with Crippen LogP contribution in [-0.4, -0.2) is 16.1 Å². The molecule has 1 aromatic carbocycles. The monoisotopic (exact) mass is 229 g/mol. The zero-order chi connectivity index (χ0) is 12.3. The molecule has 2 rings (SSSR count). The van der Waals surface area contributed by atoms with Crippen molar-refractivity contribution in [1.29, 1.82) is 0 Å². The van der Waals surface area contributed by atoms with Crippen LogP contribution in [-0.2, 0) is 11.2 Å². The van der Waals surface area contributed by atoms with E-state index in [1.165, 1.54) is 0 Å². The molecule has 17 heavy (non-hydrogen) atoms. The fraction of sp³-hybridized carbons (Fsp3) is 0.231. The molecule has 0 aliphatic carbocycles. The second kappa shape index (κ2) is 4.82. The van der Waals surface area contributed by atoms with Crippen LogP contribution in [0.3, 0.4) is 0 Å². The highest BCUT2D eigenvalue weighted by atomic mass is 16.1. The Labute approximate surface area is 100 Å². The van der Waals surface area contributed by atoms with Crippen molar-refractivity contribution in [2.45, 2.75) is 20.3 Å². The molecular formula is C13H15N3O. The van der Waals surface area contributed by atoms with Gasteiger partial charge in [0.05, 0.1) is 6.42 Å². The van der Waals surface area contributed by atoms with E-state index in [0.29, 0.717) is 12.2 Å². The number of anilines is 1. The van der Waals surface area contributed by atoms with E-state index >= 15 is 0 Å². The van der Waals surface area contributed by atoms with Crippen LogP contribution in [0.2, 0.25) is 0 Å². The average Bonchev–Trinajstić information content (AvgIpc) is 2.67. The Morgan fingerprint density at radius 1 is 1.35 bits per heavy atom. The summed E-state index contributed by atoms with van der Waals surface area (Å²) in [5.41, 5.74) is 3.09. The van der Waals surface area contributed by atoms with Gasteiger partial charge in [0, 0.05) is 11.8 Å². The van der Waals surface area contributed by atoms with Gasteiger partial charge >= 0.3 is 0 Å². The number of nitrogens with zero attached hydrogens (tertiary/aromatic N) is 1. The number of nitrogens with one attached hydrogen (secondary N) is 2. The van der Waals surface area contributed by atoms with Crippen molar-refractivity contribution < 1.29 is 4.79 Å². The van der Waals surface area contributed by atoms with Crippen molar-refractivity contribution in [2.24, 2.45) is 0 Å². The van der Waals surface area contributed by atoms with Crippen LogP contribution >= 0.6 is 0 Å². The molecule has 0 aliphatic heterocycles. The van der Waals surface area contributed by atoms with Crippen molar-refractivity contribution in [3.63, 3.8) is 0 Å². The summed E-state index contributed by atoms with van der Waals surface area (Å²) in [4.78, 5) is 11.8. The molecule has 0 saturated heterocycles. The third kappa shape index (κ3) is 2.93. The summed E-state index contributed by atoms with van der Waals surface area (Å²) in [5, 5.41) is 9.50. The van der Waals surface area contributed by atoms with Crippen LogP contribution in [0.15, 0.2) is 30.3 Å². The molecule has 0 fully saturated rings. The van der Waals surface area contributed by atoms with Crippen molar-refractivity contribution in [3.05, 3.63) is 47.2 Å². The van der Waals surface area contributed by atoms with Gasteiger partial charge in [-0.2, -0.15) is 5.10 Å². The predicted octanol–water partition coefficient (Wildman–Crippen LogP) is 2.21. The number of aromatic amines is 1. The van der Waals surface area contributed by atoms with Gasteiger partial charge in [-0.3, -0.25) is 9.89 Å². The van der Waals surface area contributed by atoms with E-state index in [4.69, 9.17) is 0 Å². The molecular weight excluding hydrogens is 214 g/mol. The van der Waals surface area contributed by atoms with Crippen molar-refractivity contribution in [2.75, 3.05) is 5.32 Å². The van der Waals surface area contributed by atoms with E-state index in [1.807, 2.05) is 38.1 Å². The quantitative estimate of drug-likeness (QED) is 0.847. The second-order valence-corrected chi connectivity index (χ2v) is 4.09. The molecule has 1 heterocycles. The van der Waals surface area contributed by atoms with Gasteiger partial charge in [-0.15, -0.1) is 0 Å². The number of hydrogen-bond donors (Lipinski definition) is 2. The minimum absolute atomic E-state index is 0.0502. The standard InChI is InChI=1S/C13H15N3O/c1-9-5-3-4-6-11(9)8-13(17)14-12-7-10(2)15-16-12/h3-7H,8H2,1-2H3,(H2,14,15,16,17).